The van der Waals surface area contributed by atoms with Gasteiger partial charge in [0, 0.05) is 11.6 Å². The Kier molecular flexibility index (Phi) is 2.65. The molecule has 0 aliphatic carbocycles. The molecule has 8 heteroatoms. The molecule has 0 fully saturated rings. The van der Waals surface area contributed by atoms with Crippen molar-refractivity contribution in [3.63, 3.8) is 0 Å². The van der Waals surface area contributed by atoms with Gasteiger partial charge in [-0.15, -0.1) is 0 Å². The van der Waals surface area contributed by atoms with E-state index in [0.29, 0.717) is 10.2 Å². The molecule has 0 aliphatic heterocycles. The van der Waals surface area contributed by atoms with Gasteiger partial charge in [0.1, 0.15) is 0 Å². The standard InChI is InChI=1S/C12H6F3N3OS/c13-12(14,15)5-1-2-8-6(3-5)9-7(4-17-8)10(19)18-11(16)20-9/h1-4H,(H2,16,18,19). The summed E-state index contributed by atoms with van der Waals surface area (Å²) < 4.78 is 38.6. The number of hydrogen-bond donors (Lipinski definition) is 1. The van der Waals surface area contributed by atoms with Crippen molar-refractivity contribution in [1.82, 2.24) is 9.97 Å². The molecule has 0 bridgehead atoms. The molecule has 0 saturated carbocycles. The molecule has 0 saturated heterocycles. The van der Waals surface area contributed by atoms with Crippen LogP contribution in [0.15, 0.2) is 29.2 Å². The van der Waals surface area contributed by atoms with E-state index in [0.717, 1.165) is 23.5 Å². The van der Waals surface area contributed by atoms with Crippen molar-refractivity contribution < 1.29 is 13.2 Å². The molecule has 0 atom stereocenters. The van der Waals surface area contributed by atoms with Gasteiger partial charge in [0.2, 0.25) is 0 Å². The summed E-state index contributed by atoms with van der Waals surface area (Å²) in [5, 5.41) is 0.414. The number of benzene rings is 1. The molecule has 102 valence electrons. The summed E-state index contributed by atoms with van der Waals surface area (Å²) in [7, 11) is 0. The number of nitrogen functional groups attached to an aromatic ring is 1. The summed E-state index contributed by atoms with van der Waals surface area (Å²) in [6.45, 7) is 0. The second-order valence-electron chi connectivity index (χ2n) is 4.09. The quantitative estimate of drug-likeness (QED) is 0.648. The van der Waals surface area contributed by atoms with E-state index in [1.165, 1.54) is 12.3 Å². The molecule has 2 heterocycles. The largest absolute Gasteiger partial charge is 0.416 e. The SMILES string of the molecule is Nc1nc(=O)c2cnc3ccc(C(F)(F)F)cc3c2s1. The van der Waals surface area contributed by atoms with Gasteiger partial charge in [-0.05, 0) is 18.2 Å². The normalized spacial score (nSPS) is 12.2. The molecule has 2 N–H and O–H groups in total. The fraction of sp³-hybridized carbons (Fsp3) is 0.0833. The van der Waals surface area contributed by atoms with Crippen molar-refractivity contribution in [2.24, 2.45) is 0 Å². The van der Waals surface area contributed by atoms with Gasteiger partial charge in [-0.25, -0.2) is 0 Å². The molecular weight excluding hydrogens is 291 g/mol. The van der Waals surface area contributed by atoms with E-state index in [1.54, 1.807) is 0 Å². The Morgan fingerprint density at radius 3 is 2.65 bits per heavy atom. The minimum absolute atomic E-state index is 0.00686. The number of rotatable bonds is 0. The predicted octanol–water partition coefficient (Wildman–Crippen LogP) is 2.81. The number of fused-ring (bicyclic) bond motifs is 3. The first-order valence-corrected chi connectivity index (χ1v) is 6.24. The van der Waals surface area contributed by atoms with E-state index >= 15 is 0 Å². The van der Waals surface area contributed by atoms with Crippen LogP contribution >= 0.6 is 11.3 Å². The summed E-state index contributed by atoms with van der Waals surface area (Å²) >= 11 is 0.964. The Balaban J connectivity index is 2.48. The highest BCUT2D eigenvalue weighted by molar-refractivity contribution is 7.22. The lowest BCUT2D eigenvalue weighted by atomic mass is 10.1. The third kappa shape index (κ3) is 1.97. The predicted molar refractivity (Wildman–Crippen MR) is 70.6 cm³/mol. The number of anilines is 1. The van der Waals surface area contributed by atoms with E-state index in [9.17, 15) is 18.0 Å². The van der Waals surface area contributed by atoms with Crippen LogP contribution in [0, 0.1) is 0 Å². The fourth-order valence-corrected chi connectivity index (χ4v) is 2.76. The van der Waals surface area contributed by atoms with E-state index in [-0.39, 0.29) is 15.9 Å². The van der Waals surface area contributed by atoms with E-state index < -0.39 is 17.3 Å². The van der Waals surface area contributed by atoms with Crippen molar-refractivity contribution in [3.05, 3.63) is 40.3 Å². The van der Waals surface area contributed by atoms with E-state index in [1.807, 2.05) is 0 Å². The maximum Gasteiger partial charge on any atom is 0.416 e. The number of hydrogen-bond acceptors (Lipinski definition) is 5. The van der Waals surface area contributed by atoms with Gasteiger partial charge < -0.3 is 5.73 Å². The Hall–Kier alpha value is -2.22. The summed E-state index contributed by atoms with van der Waals surface area (Å²) in [6, 6.07) is 3.19. The van der Waals surface area contributed by atoms with Crippen LogP contribution in [-0.2, 0) is 6.18 Å². The lowest BCUT2D eigenvalue weighted by molar-refractivity contribution is -0.137. The molecule has 0 aliphatic rings. The van der Waals surface area contributed by atoms with Gasteiger partial charge in [0.25, 0.3) is 5.56 Å². The third-order valence-electron chi connectivity index (χ3n) is 2.79. The summed E-state index contributed by atoms with van der Waals surface area (Å²) in [5.74, 6) is 0. The van der Waals surface area contributed by atoms with Crippen molar-refractivity contribution in [2.75, 3.05) is 5.73 Å². The van der Waals surface area contributed by atoms with Gasteiger partial charge >= 0.3 is 6.18 Å². The van der Waals surface area contributed by atoms with Crippen molar-refractivity contribution >= 4 is 37.5 Å². The number of alkyl halides is 3. The van der Waals surface area contributed by atoms with Gasteiger partial charge in [0.15, 0.2) is 5.13 Å². The second-order valence-corrected chi connectivity index (χ2v) is 5.12. The molecule has 0 amide bonds. The molecule has 3 aromatic rings. The lowest BCUT2D eigenvalue weighted by Gasteiger charge is -2.08. The maximum atomic E-state index is 12.8. The second kappa shape index (κ2) is 4.14. The average molecular weight is 297 g/mol. The van der Waals surface area contributed by atoms with Crippen LogP contribution in [-0.4, -0.2) is 9.97 Å². The highest BCUT2D eigenvalue weighted by Crippen LogP contribution is 2.34. The Morgan fingerprint density at radius 1 is 1.20 bits per heavy atom. The molecular formula is C12H6F3N3OS. The molecule has 0 spiro atoms. The Morgan fingerprint density at radius 2 is 1.95 bits per heavy atom. The van der Waals surface area contributed by atoms with Gasteiger partial charge in [-0.2, -0.15) is 18.2 Å². The molecule has 4 nitrogen and oxygen atoms in total. The number of pyridine rings is 1. The Labute approximate surface area is 113 Å². The first-order chi connectivity index (χ1) is 9.36. The van der Waals surface area contributed by atoms with Gasteiger partial charge in [-0.1, -0.05) is 11.3 Å². The number of nitrogens with zero attached hydrogens (tertiary/aromatic N) is 2. The third-order valence-corrected chi connectivity index (χ3v) is 3.74. The van der Waals surface area contributed by atoms with E-state index in [2.05, 4.69) is 9.97 Å². The minimum atomic E-state index is -4.46. The van der Waals surface area contributed by atoms with Crippen molar-refractivity contribution in [1.29, 1.82) is 0 Å². The fourth-order valence-electron chi connectivity index (χ4n) is 1.89. The zero-order valence-corrected chi connectivity index (χ0v) is 10.5. The number of aromatic nitrogens is 2. The summed E-state index contributed by atoms with van der Waals surface area (Å²) in [4.78, 5) is 19.2. The van der Waals surface area contributed by atoms with Crippen LogP contribution < -0.4 is 11.3 Å². The highest BCUT2D eigenvalue weighted by atomic mass is 32.1. The van der Waals surface area contributed by atoms with Crippen LogP contribution in [0.1, 0.15) is 5.56 Å². The molecule has 1 aromatic carbocycles. The first kappa shape index (κ1) is 12.8. The van der Waals surface area contributed by atoms with Gasteiger partial charge in [-0.3, -0.25) is 9.78 Å². The summed E-state index contributed by atoms with van der Waals surface area (Å²) in [5.41, 5.74) is 4.48. The van der Waals surface area contributed by atoms with Crippen LogP contribution in [0.4, 0.5) is 18.3 Å². The number of nitrogens with two attached hydrogens (primary N) is 1. The zero-order chi connectivity index (χ0) is 14.5. The zero-order valence-electron chi connectivity index (χ0n) is 9.73. The van der Waals surface area contributed by atoms with E-state index in [4.69, 9.17) is 5.73 Å². The Bertz CT molecular complexity index is 889. The highest BCUT2D eigenvalue weighted by Gasteiger charge is 2.30. The topological polar surface area (TPSA) is 68.9 Å². The first-order valence-electron chi connectivity index (χ1n) is 5.42. The number of halogens is 3. The maximum absolute atomic E-state index is 12.8. The van der Waals surface area contributed by atoms with Gasteiger partial charge in [0.05, 0.1) is 21.2 Å². The van der Waals surface area contributed by atoms with Crippen LogP contribution in [0.5, 0.6) is 0 Å². The van der Waals surface area contributed by atoms with Crippen LogP contribution in [0.25, 0.3) is 21.0 Å². The van der Waals surface area contributed by atoms with Crippen LogP contribution in [0.3, 0.4) is 0 Å². The average Bonchev–Trinajstić information content (AvgIpc) is 2.36. The lowest BCUT2D eigenvalue weighted by Crippen LogP contribution is -2.08. The molecule has 2 aromatic heterocycles. The summed E-state index contributed by atoms with van der Waals surface area (Å²) in [6.07, 6.45) is -3.16. The smallest absolute Gasteiger partial charge is 0.375 e. The van der Waals surface area contributed by atoms with Crippen molar-refractivity contribution in [3.8, 4) is 0 Å². The molecule has 0 unspecified atom stereocenters. The van der Waals surface area contributed by atoms with Crippen molar-refractivity contribution in [2.45, 2.75) is 6.18 Å². The van der Waals surface area contributed by atoms with Crippen LogP contribution in [0.2, 0.25) is 0 Å². The monoisotopic (exact) mass is 297 g/mol. The minimum Gasteiger partial charge on any atom is -0.375 e. The molecule has 20 heavy (non-hydrogen) atoms. The molecule has 3 rings (SSSR count). The molecule has 0 radical (unpaired) electrons.